The molecule has 5 heteroatoms. The first-order valence-electron chi connectivity index (χ1n) is 6.35. The summed E-state index contributed by atoms with van der Waals surface area (Å²) in [5.41, 5.74) is 5.89. The second kappa shape index (κ2) is 5.97. The van der Waals surface area contributed by atoms with Crippen LogP contribution >= 0.6 is 15.9 Å². The van der Waals surface area contributed by atoms with Crippen LogP contribution < -0.4 is 10.6 Å². The number of rotatable bonds is 3. The molecule has 0 bridgehead atoms. The molecule has 100 valence electrons. The number of nitrogens with zero attached hydrogens (tertiary/aromatic N) is 2. The summed E-state index contributed by atoms with van der Waals surface area (Å²) in [5, 5.41) is 0. The first-order valence-corrected chi connectivity index (χ1v) is 7.14. The summed E-state index contributed by atoms with van der Waals surface area (Å²) in [6.45, 7) is 0.917. The third-order valence-corrected chi connectivity index (χ3v) is 4.19. The molecule has 1 aromatic heterocycles. The Morgan fingerprint density at radius 3 is 2.67 bits per heavy atom. The summed E-state index contributed by atoms with van der Waals surface area (Å²) in [7, 11) is 1.96. The molecule has 0 radical (unpaired) electrons. The van der Waals surface area contributed by atoms with E-state index < -0.39 is 5.95 Å². The van der Waals surface area contributed by atoms with E-state index in [4.69, 9.17) is 5.73 Å². The van der Waals surface area contributed by atoms with E-state index in [0.717, 1.165) is 32.2 Å². The van der Waals surface area contributed by atoms with Crippen molar-refractivity contribution in [3.8, 4) is 0 Å². The maximum absolute atomic E-state index is 13.4. The van der Waals surface area contributed by atoms with Crippen molar-refractivity contribution in [3.63, 3.8) is 0 Å². The van der Waals surface area contributed by atoms with Gasteiger partial charge in [0.25, 0.3) is 0 Å². The Balaban J connectivity index is 1.94. The van der Waals surface area contributed by atoms with Crippen molar-refractivity contribution in [1.82, 2.24) is 4.98 Å². The molecule has 1 aliphatic rings. The van der Waals surface area contributed by atoms with E-state index >= 15 is 0 Å². The van der Waals surface area contributed by atoms with Gasteiger partial charge in [0.15, 0.2) is 0 Å². The van der Waals surface area contributed by atoms with E-state index in [2.05, 4.69) is 20.9 Å². The highest BCUT2D eigenvalue weighted by molar-refractivity contribution is 9.10. The second-order valence-corrected chi connectivity index (χ2v) is 5.96. The van der Waals surface area contributed by atoms with Gasteiger partial charge in [0.2, 0.25) is 5.95 Å². The van der Waals surface area contributed by atoms with Gasteiger partial charge in [-0.2, -0.15) is 4.39 Å². The van der Waals surface area contributed by atoms with Gasteiger partial charge in [-0.05, 0) is 59.7 Å². The Morgan fingerprint density at radius 2 is 2.06 bits per heavy atom. The van der Waals surface area contributed by atoms with E-state index in [-0.39, 0.29) is 0 Å². The van der Waals surface area contributed by atoms with Gasteiger partial charge in [-0.25, -0.2) is 4.98 Å². The summed E-state index contributed by atoms with van der Waals surface area (Å²) < 4.78 is 13.8. The molecular formula is C13H19BrFN3. The fourth-order valence-electron chi connectivity index (χ4n) is 2.47. The van der Waals surface area contributed by atoms with Crippen LogP contribution in [0.5, 0.6) is 0 Å². The van der Waals surface area contributed by atoms with E-state index in [0.29, 0.717) is 22.3 Å². The summed E-state index contributed by atoms with van der Waals surface area (Å²) in [4.78, 5) is 5.97. The topological polar surface area (TPSA) is 42.1 Å². The number of nitrogens with two attached hydrogens (primary N) is 1. The van der Waals surface area contributed by atoms with Crippen molar-refractivity contribution in [1.29, 1.82) is 0 Å². The van der Waals surface area contributed by atoms with Gasteiger partial charge in [-0.3, -0.25) is 0 Å². The van der Waals surface area contributed by atoms with Crippen LogP contribution in [0.25, 0.3) is 0 Å². The monoisotopic (exact) mass is 315 g/mol. The summed E-state index contributed by atoms with van der Waals surface area (Å²) in [6.07, 6.45) is 4.51. The molecule has 18 heavy (non-hydrogen) atoms. The Labute approximate surface area is 116 Å². The molecule has 1 saturated carbocycles. The predicted molar refractivity (Wildman–Crippen MR) is 75.1 cm³/mol. The third kappa shape index (κ3) is 3.42. The molecule has 0 saturated heterocycles. The van der Waals surface area contributed by atoms with Crippen LogP contribution in [0.3, 0.4) is 0 Å². The van der Waals surface area contributed by atoms with Gasteiger partial charge < -0.3 is 10.6 Å². The molecule has 3 nitrogen and oxygen atoms in total. The minimum Gasteiger partial charge on any atom is -0.359 e. The van der Waals surface area contributed by atoms with Crippen molar-refractivity contribution >= 4 is 21.7 Å². The first-order chi connectivity index (χ1) is 8.56. The molecule has 1 fully saturated rings. The molecule has 2 rings (SSSR count). The molecule has 0 unspecified atom stereocenters. The second-order valence-electron chi connectivity index (χ2n) is 5.10. The highest BCUT2D eigenvalue weighted by Crippen LogP contribution is 2.25. The fraction of sp³-hybridized carbons (Fsp3) is 0.615. The first kappa shape index (κ1) is 13.7. The lowest BCUT2D eigenvalue weighted by Gasteiger charge is -2.30. The van der Waals surface area contributed by atoms with Crippen LogP contribution in [-0.2, 0) is 0 Å². The molecule has 0 aromatic carbocycles. The molecule has 0 spiro atoms. The van der Waals surface area contributed by atoms with Crippen LogP contribution in [0.4, 0.5) is 10.2 Å². The molecule has 1 heterocycles. The standard InChI is InChI=1S/C13H19BrFN3/c1-18(8-9-2-4-10(16)5-3-9)12-7-6-11(14)13(15)17-12/h6-7,9-10H,2-5,8,16H2,1H3. The molecule has 1 aromatic rings. The maximum Gasteiger partial charge on any atom is 0.229 e. The Morgan fingerprint density at radius 1 is 1.39 bits per heavy atom. The molecule has 0 amide bonds. The van der Waals surface area contributed by atoms with E-state index in [1.807, 2.05) is 18.0 Å². The van der Waals surface area contributed by atoms with Gasteiger partial charge in [0, 0.05) is 19.6 Å². The number of hydrogen-bond acceptors (Lipinski definition) is 3. The minimum absolute atomic E-state index is 0.370. The fourth-order valence-corrected chi connectivity index (χ4v) is 2.69. The van der Waals surface area contributed by atoms with Crippen LogP contribution in [0, 0.1) is 11.9 Å². The number of halogens is 2. The average Bonchev–Trinajstić information content (AvgIpc) is 2.35. The van der Waals surface area contributed by atoms with Gasteiger partial charge in [0.05, 0.1) is 4.47 Å². The Kier molecular flexibility index (Phi) is 4.56. The van der Waals surface area contributed by atoms with E-state index in [9.17, 15) is 4.39 Å². The normalized spacial score (nSPS) is 24.0. The van der Waals surface area contributed by atoms with E-state index in [1.54, 1.807) is 6.07 Å². The van der Waals surface area contributed by atoms with Crippen molar-refractivity contribution in [3.05, 3.63) is 22.6 Å². The molecule has 2 N–H and O–H groups in total. The zero-order valence-electron chi connectivity index (χ0n) is 10.6. The van der Waals surface area contributed by atoms with Crippen LogP contribution in [0.1, 0.15) is 25.7 Å². The van der Waals surface area contributed by atoms with E-state index in [1.165, 1.54) is 0 Å². The average molecular weight is 316 g/mol. The third-order valence-electron chi connectivity index (χ3n) is 3.60. The van der Waals surface area contributed by atoms with Gasteiger partial charge in [-0.1, -0.05) is 0 Å². The smallest absolute Gasteiger partial charge is 0.229 e. The lowest BCUT2D eigenvalue weighted by atomic mass is 9.86. The maximum atomic E-state index is 13.4. The van der Waals surface area contributed by atoms with Gasteiger partial charge >= 0.3 is 0 Å². The van der Waals surface area contributed by atoms with Crippen molar-refractivity contribution in [2.45, 2.75) is 31.7 Å². The van der Waals surface area contributed by atoms with Crippen LogP contribution in [0.15, 0.2) is 16.6 Å². The molecule has 1 aliphatic carbocycles. The zero-order valence-corrected chi connectivity index (χ0v) is 12.2. The lowest BCUT2D eigenvalue weighted by Crippen LogP contribution is -2.33. The molecule has 0 aliphatic heterocycles. The number of hydrogen-bond donors (Lipinski definition) is 1. The summed E-state index contributed by atoms with van der Waals surface area (Å²) in [6, 6.07) is 3.90. The minimum atomic E-state index is -0.454. The largest absolute Gasteiger partial charge is 0.359 e. The Bertz CT molecular complexity index is 405. The predicted octanol–water partition coefficient (Wildman–Crippen LogP) is 2.94. The highest BCUT2D eigenvalue weighted by atomic mass is 79.9. The van der Waals surface area contributed by atoms with Crippen molar-refractivity contribution in [2.75, 3.05) is 18.5 Å². The van der Waals surface area contributed by atoms with Crippen molar-refractivity contribution < 1.29 is 4.39 Å². The number of pyridine rings is 1. The lowest BCUT2D eigenvalue weighted by molar-refractivity contribution is 0.329. The Hall–Kier alpha value is -0.680. The number of anilines is 1. The summed E-state index contributed by atoms with van der Waals surface area (Å²) >= 11 is 3.11. The highest BCUT2D eigenvalue weighted by Gasteiger charge is 2.20. The zero-order chi connectivity index (χ0) is 13.1. The SMILES string of the molecule is CN(CC1CCC(N)CC1)c1ccc(Br)c(F)n1. The quantitative estimate of drug-likeness (QED) is 0.872. The van der Waals surface area contributed by atoms with Gasteiger partial charge in [0.1, 0.15) is 5.82 Å². The van der Waals surface area contributed by atoms with Crippen molar-refractivity contribution in [2.24, 2.45) is 11.7 Å². The molecule has 0 atom stereocenters. The van der Waals surface area contributed by atoms with Gasteiger partial charge in [-0.15, -0.1) is 0 Å². The summed E-state index contributed by atoms with van der Waals surface area (Å²) in [5.74, 6) is 0.874. The van der Waals surface area contributed by atoms with Crippen LogP contribution in [-0.4, -0.2) is 24.6 Å². The number of aromatic nitrogens is 1. The molecular weight excluding hydrogens is 297 g/mol. The van der Waals surface area contributed by atoms with Crippen LogP contribution in [0.2, 0.25) is 0 Å².